The van der Waals surface area contributed by atoms with Gasteiger partial charge < -0.3 is 5.11 Å². The molecule has 0 aliphatic rings. The molecule has 0 aliphatic heterocycles. The van der Waals surface area contributed by atoms with Crippen LogP contribution < -0.4 is 0 Å². The van der Waals surface area contributed by atoms with E-state index in [4.69, 9.17) is 0 Å². The predicted octanol–water partition coefficient (Wildman–Crippen LogP) is 3.07. The first-order valence-electron chi connectivity index (χ1n) is 6.28. The number of carbonyl (C=O) groups is 1. The summed E-state index contributed by atoms with van der Waals surface area (Å²) in [6.07, 6.45) is 0. The molecule has 0 heterocycles. The molecule has 104 valence electrons. The number of carboxylic acid groups (broad SMARTS) is 1. The van der Waals surface area contributed by atoms with Crippen molar-refractivity contribution < 1.29 is 14.1 Å². The summed E-state index contributed by atoms with van der Waals surface area (Å²) in [6, 6.07) is 16.4. The van der Waals surface area contributed by atoms with Crippen LogP contribution in [-0.4, -0.2) is 15.3 Å². The first-order valence-corrected chi connectivity index (χ1v) is 7.66. The summed E-state index contributed by atoms with van der Waals surface area (Å²) >= 11 is 0. The van der Waals surface area contributed by atoms with Gasteiger partial charge in [0.05, 0.1) is 0 Å². The molecule has 0 saturated carbocycles. The minimum atomic E-state index is -1.50. The molecule has 4 heteroatoms. The van der Waals surface area contributed by atoms with Gasteiger partial charge in [-0.2, -0.15) is 0 Å². The smallest absolute Gasteiger partial charge is 0.323 e. The summed E-state index contributed by atoms with van der Waals surface area (Å²) in [5, 5.41) is 8.34. The zero-order chi connectivity index (χ0) is 14.5. The van der Waals surface area contributed by atoms with Gasteiger partial charge in [-0.1, -0.05) is 60.2 Å². The van der Waals surface area contributed by atoms with Gasteiger partial charge in [-0.3, -0.25) is 9.00 Å². The lowest BCUT2D eigenvalue weighted by Gasteiger charge is -2.12. The third-order valence-corrected chi connectivity index (χ3v) is 4.64. The summed E-state index contributed by atoms with van der Waals surface area (Å²) in [6.45, 7) is 1.98. The van der Waals surface area contributed by atoms with Crippen LogP contribution in [0, 0.1) is 6.92 Å². The Morgan fingerprint density at radius 3 is 2.25 bits per heavy atom. The molecule has 2 aromatic carbocycles. The lowest BCUT2D eigenvalue weighted by Crippen LogP contribution is -2.18. The van der Waals surface area contributed by atoms with Crippen molar-refractivity contribution in [2.45, 2.75) is 17.9 Å². The van der Waals surface area contributed by atoms with Gasteiger partial charge >= 0.3 is 5.97 Å². The Morgan fingerprint density at radius 2 is 1.70 bits per heavy atom. The topological polar surface area (TPSA) is 54.4 Å². The molecule has 0 bridgehead atoms. The van der Waals surface area contributed by atoms with E-state index in [1.54, 1.807) is 24.3 Å². The van der Waals surface area contributed by atoms with Crippen molar-refractivity contribution in [2.75, 3.05) is 0 Å². The summed E-state index contributed by atoms with van der Waals surface area (Å²) in [5.74, 6) is -0.812. The second-order valence-corrected chi connectivity index (χ2v) is 6.16. The van der Waals surface area contributed by atoms with Crippen LogP contribution >= 0.6 is 0 Å². The number of benzene rings is 2. The molecule has 20 heavy (non-hydrogen) atoms. The van der Waals surface area contributed by atoms with Crippen molar-refractivity contribution in [1.29, 1.82) is 0 Å². The molecule has 2 rings (SSSR count). The molecule has 2 aromatic rings. The Bertz CT molecular complexity index is 605. The minimum absolute atomic E-state index is 0.242. The molecule has 0 aromatic heterocycles. The van der Waals surface area contributed by atoms with Crippen molar-refractivity contribution in [2.24, 2.45) is 0 Å². The van der Waals surface area contributed by atoms with Gasteiger partial charge in [0.15, 0.2) is 5.25 Å². The van der Waals surface area contributed by atoms with Crippen molar-refractivity contribution >= 4 is 16.8 Å². The van der Waals surface area contributed by atoms with E-state index in [1.165, 1.54) is 0 Å². The van der Waals surface area contributed by atoms with Gasteiger partial charge in [0, 0.05) is 16.6 Å². The molecule has 1 N–H and O–H groups in total. The van der Waals surface area contributed by atoms with Crippen molar-refractivity contribution in [3.63, 3.8) is 0 Å². The highest BCUT2D eigenvalue weighted by Gasteiger charge is 2.26. The molecule has 3 nitrogen and oxygen atoms in total. The monoisotopic (exact) mass is 288 g/mol. The van der Waals surface area contributed by atoms with E-state index < -0.39 is 22.0 Å². The van der Waals surface area contributed by atoms with Gasteiger partial charge in [-0.25, -0.2) is 0 Å². The number of carboxylic acids is 1. The molecule has 0 radical (unpaired) electrons. The molecule has 0 saturated heterocycles. The normalized spacial score (nSPS) is 13.7. The number of hydrogen-bond donors (Lipinski definition) is 1. The maximum Gasteiger partial charge on any atom is 0.323 e. The maximum absolute atomic E-state index is 12.4. The van der Waals surface area contributed by atoms with Crippen molar-refractivity contribution in [3.8, 4) is 0 Å². The minimum Gasteiger partial charge on any atom is -0.480 e. The average Bonchev–Trinajstić information content (AvgIpc) is 2.42. The van der Waals surface area contributed by atoms with E-state index in [9.17, 15) is 14.1 Å². The summed E-state index contributed by atoms with van der Waals surface area (Å²) in [7, 11) is -1.50. The van der Waals surface area contributed by atoms with Crippen molar-refractivity contribution in [3.05, 3.63) is 71.3 Å². The van der Waals surface area contributed by atoms with Crippen LogP contribution in [0.15, 0.2) is 54.6 Å². The zero-order valence-electron chi connectivity index (χ0n) is 11.2. The lowest BCUT2D eigenvalue weighted by molar-refractivity contribution is -0.136. The Balaban J connectivity index is 2.20. The Labute approximate surface area is 120 Å². The van der Waals surface area contributed by atoms with Crippen LogP contribution in [0.25, 0.3) is 0 Å². The molecule has 0 amide bonds. The standard InChI is InChI=1S/C16H16O3S/c1-12-7-9-13(10-8-12)11-20(19)15(16(17)18)14-5-3-2-4-6-14/h2-10,15H,11H2,1H3,(H,17,18). The highest BCUT2D eigenvalue weighted by Crippen LogP contribution is 2.23. The van der Waals surface area contributed by atoms with E-state index in [2.05, 4.69) is 0 Å². The van der Waals surface area contributed by atoms with Crippen LogP contribution in [0.2, 0.25) is 0 Å². The van der Waals surface area contributed by atoms with E-state index in [-0.39, 0.29) is 5.75 Å². The van der Waals surface area contributed by atoms with Crippen LogP contribution in [0.3, 0.4) is 0 Å². The Hall–Kier alpha value is -1.94. The second kappa shape index (κ2) is 6.48. The largest absolute Gasteiger partial charge is 0.480 e. The lowest BCUT2D eigenvalue weighted by atomic mass is 10.1. The third kappa shape index (κ3) is 3.54. The van der Waals surface area contributed by atoms with E-state index in [0.717, 1.165) is 11.1 Å². The van der Waals surface area contributed by atoms with Gasteiger partial charge in [-0.15, -0.1) is 0 Å². The van der Waals surface area contributed by atoms with Crippen LogP contribution in [0.1, 0.15) is 21.9 Å². The van der Waals surface area contributed by atoms with E-state index in [1.807, 2.05) is 37.3 Å². The summed E-state index contributed by atoms with van der Waals surface area (Å²) in [4.78, 5) is 11.4. The van der Waals surface area contributed by atoms with E-state index in [0.29, 0.717) is 5.56 Å². The van der Waals surface area contributed by atoms with Gasteiger partial charge in [0.1, 0.15) is 0 Å². The number of hydrogen-bond acceptors (Lipinski definition) is 2. The first-order chi connectivity index (χ1) is 9.58. The van der Waals surface area contributed by atoms with Crippen LogP contribution in [-0.2, 0) is 21.3 Å². The third-order valence-electron chi connectivity index (χ3n) is 3.02. The quantitative estimate of drug-likeness (QED) is 0.920. The van der Waals surface area contributed by atoms with Gasteiger partial charge in [-0.05, 0) is 18.1 Å². The highest BCUT2D eigenvalue weighted by molar-refractivity contribution is 7.85. The fourth-order valence-corrected chi connectivity index (χ4v) is 3.34. The molecule has 2 atom stereocenters. The second-order valence-electron chi connectivity index (χ2n) is 4.64. The highest BCUT2D eigenvalue weighted by atomic mass is 32.2. The summed E-state index contributed by atoms with van der Waals surface area (Å²) < 4.78 is 12.4. The number of aryl methyl sites for hydroxylation is 1. The maximum atomic E-state index is 12.4. The molecule has 0 aliphatic carbocycles. The predicted molar refractivity (Wildman–Crippen MR) is 79.8 cm³/mol. The Kier molecular flexibility index (Phi) is 4.69. The number of rotatable bonds is 5. The van der Waals surface area contributed by atoms with Crippen molar-refractivity contribution in [1.82, 2.24) is 0 Å². The fourth-order valence-electron chi connectivity index (χ4n) is 1.97. The SMILES string of the molecule is Cc1ccc(CS(=O)C(C(=O)O)c2ccccc2)cc1. The summed E-state index contributed by atoms with van der Waals surface area (Å²) in [5.41, 5.74) is 2.58. The molecule has 0 fully saturated rings. The van der Waals surface area contributed by atoms with Gasteiger partial charge in [0.2, 0.25) is 0 Å². The Morgan fingerprint density at radius 1 is 1.10 bits per heavy atom. The fraction of sp³-hybridized carbons (Fsp3) is 0.188. The zero-order valence-corrected chi connectivity index (χ0v) is 12.0. The van der Waals surface area contributed by atoms with Gasteiger partial charge in [0.25, 0.3) is 0 Å². The van der Waals surface area contributed by atoms with Crippen LogP contribution in [0.4, 0.5) is 0 Å². The molecular formula is C16H16O3S. The van der Waals surface area contributed by atoms with E-state index >= 15 is 0 Å². The first kappa shape index (κ1) is 14.5. The molecular weight excluding hydrogens is 272 g/mol. The van der Waals surface area contributed by atoms with Crippen LogP contribution in [0.5, 0.6) is 0 Å². The number of aliphatic carboxylic acids is 1. The molecule has 0 spiro atoms. The average molecular weight is 288 g/mol. The molecule has 2 unspecified atom stereocenters.